The largest absolute Gasteiger partial charge is 0.464 e. The van der Waals surface area contributed by atoms with Crippen molar-refractivity contribution in [3.63, 3.8) is 0 Å². The normalized spacial score (nSPS) is 25.8. The van der Waals surface area contributed by atoms with Crippen molar-refractivity contribution in [3.05, 3.63) is 0 Å². The summed E-state index contributed by atoms with van der Waals surface area (Å²) in [6.45, 7) is 12.6. The second-order valence-electron chi connectivity index (χ2n) is 8.57. The Kier molecular flexibility index (Phi) is 6.91. The van der Waals surface area contributed by atoms with Crippen LogP contribution in [0.15, 0.2) is 0 Å². The second-order valence-corrected chi connectivity index (χ2v) is 8.57. The van der Waals surface area contributed by atoms with E-state index in [4.69, 9.17) is 14.2 Å². The van der Waals surface area contributed by atoms with E-state index in [1.54, 1.807) is 6.92 Å². The molecule has 2 aliphatic rings. The molecule has 0 saturated carbocycles. The van der Waals surface area contributed by atoms with Gasteiger partial charge < -0.3 is 19.5 Å². The summed E-state index contributed by atoms with van der Waals surface area (Å²) >= 11 is 0. The van der Waals surface area contributed by atoms with E-state index in [1.807, 2.05) is 20.8 Å². The number of nitrogens with zero attached hydrogens (tertiary/aromatic N) is 1. The van der Waals surface area contributed by atoms with Gasteiger partial charge in [-0.2, -0.15) is 0 Å². The number of hydrogen-bond acceptors (Lipinski definition) is 6. The summed E-state index contributed by atoms with van der Waals surface area (Å²) < 4.78 is 16.2. The monoisotopic (exact) mass is 370 g/mol. The maximum absolute atomic E-state index is 12.5. The van der Waals surface area contributed by atoms with Crippen LogP contribution in [0.1, 0.15) is 53.9 Å². The first-order valence-corrected chi connectivity index (χ1v) is 9.62. The van der Waals surface area contributed by atoms with Gasteiger partial charge in [0.2, 0.25) is 0 Å². The third-order valence-electron chi connectivity index (χ3n) is 5.04. The highest BCUT2D eigenvalue weighted by atomic mass is 16.6. The highest BCUT2D eigenvalue weighted by Gasteiger charge is 2.45. The predicted octanol–water partition coefficient (Wildman–Crippen LogP) is 2.33. The Morgan fingerprint density at radius 2 is 1.92 bits per heavy atom. The van der Waals surface area contributed by atoms with E-state index < -0.39 is 17.7 Å². The number of likely N-dealkylation sites (tertiary alicyclic amines) is 1. The summed E-state index contributed by atoms with van der Waals surface area (Å²) in [4.78, 5) is 26.6. The zero-order valence-corrected chi connectivity index (χ0v) is 16.8. The zero-order chi connectivity index (χ0) is 19.4. The summed E-state index contributed by atoms with van der Waals surface area (Å²) in [5.41, 5.74) is -0.450. The molecule has 1 N–H and O–H groups in total. The number of hydrogen-bond donors (Lipinski definition) is 1. The van der Waals surface area contributed by atoms with Crippen LogP contribution >= 0.6 is 0 Å². The lowest BCUT2D eigenvalue weighted by atomic mass is 9.82. The first-order valence-electron chi connectivity index (χ1n) is 9.62. The molecule has 2 saturated heterocycles. The topological polar surface area (TPSA) is 77.1 Å². The van der Waals surface area contributed by atoms with Crippen molar-refractivity contribution in [2.45, 2.75) is 71.6 Å². The van der Waals surface area contributed by atoms with E-state index in [2.05, 4.69) is 12.2 Å². The van der Waals surface area contributed by atoms with Gasteiger partial charge in [-0.1, -0.05) is 6.92 Å². The van der Waals surface area contributed by atoms with Gasteiger partial charge in [-0.15, -0.1) is 0 Å². The minimum Gasteiger partial charge on any atom is -0.464 e. The molecule has 2 rings (SSSR count). The highest BCUT2D eigenvalue weighted by Crippen LogP contribution is 2.30. The number of esters is 1. The van der Waals surface area contributed by atoms with Crippen LogP contribution in [0.4, 0.5) is 4.79 Å². The van der Waals surface area contributed by atoms with Crippen LogP contribution in [-0.4, -0.2) is 67.6 Å². The third-order valence-corrected chi connectivity index (χ3v) is 5.04. The lowest BCUT2D eigenvalue weighted by Crippen LogP contribution is -2.53. The van der Waals surface area contributed by atoms with Crippen LogP contribution in [0.25, 0.3) is 0 Å². The van der Waals surface area contributed by atoms with Crippen LogP contribution in [-0.2, 0) is 19.0 Å². The summed E-state index contributed by atoms with van der Waals surface area (Å²) in [6, 6.07) is -0.769. The standard InChI is InChI=1S/C19H34N2O5/c1-6-25-16(22)15-14(20-13-19(5)8-11-24-12-9-19)7-10-21(15)17(23)26-18(2,3)4/h14-15,20H,6-13H2,1-5H3/t14-,15+/m0/s1. The van der Waals surface area contributed by atoms with Crippen LogP contribution in [0, 0.1) is 5.41 Å². The van der Waals surface area contributed by atoms with E-state index in [1.165, 1.54) is 4.90 Å². The average molecular weight is 370 g/mol. The van der Waals surface area contributed by atoms with E-state index in [9.17, 15) is 9.59 Å². The molecular weight excluding hydrogens is 336 g/mol. The number of carbonyl (C=O) groups excluding carboxylic acids is 2. The molecule has 1 amide bonds. The highest BCUT2D eigenvalue weighted by molar-refractivity contribution is 5.83. The second kappa shape index (κ2) is 8.57. The summed E-state index contributed by atoms with van der Waals surface area (Å²) in [7, 11) is 0. The fraction of sp³-hybridized carbons (Fsp3) is 0.895. The molecule has 2 heterocycles. The molecule has 0 spiro atoms. The van der Waals surface area contributed by atoms with Crippen molar-refractivity contribution < 1.29 is 23.8 Å². The molecule has 26 heavy (non-hydrogen) atoms. The Bertz CT molecular complexity index is 497. The molecule has 150 valence electrons. The number of amides is 1. The van der Waals surface area contributed by atoms with Crippen molar-refractivity contribution in [2.75, 3.05) is 32.9 Å². The predicted molar refractivity (Wildman–Crippen MR) is 97.9 cm³/mol. The minimum absolute atomic E-state index is 0.124. The Balaban J connectivity index is 2.05. The van der Waals surface area contributed by atoms with E-state index in [-0.39, 0.29) is 17.4 Å². The SMILES string of the molecule is CCOC(=O)[C@H]1[C@@H](NCC2(C)CCOCC2)CCN1C(=O)OC(C)(C)C. The number of ether oxygens (including phenoxy) is 3. The lowest BCUT2D eigenvalue weighted by Gasteiger charge is -2.36. The smallest absolute Gasteiger partial charge is 0.411 e. The quantitative estimate of drug-likeness (QED) is 0.749. The summed E-state index contributed by atoms with van der Waals surface area (Å²) in [5, 5.41) is 3.52. The molecule has 0 aliphatic carbocycles. The Hall–Kier alpha value is -1.34. The van der Waals surface area contributed by atoms with Gasteiger partial charge in [-0.05, 0) is 52.4 Å². The maximum atomic E-state index is 12.5. The molecule has 2 aliphatic heterocycles. The molecule has 0 bridgehead atoms. The van der Waals surface area contributed by atoms with Gasteiger partial charge in [-0.3, -0.25) is 4.90 Å². The zero-order valence-electron chi connectivity index (χ0n) is 16.8. The number of nitrogens with one attached hydrogen (secondary N) is 1. The lowest BCUT2D eigenvalue weighted by molar-refractivity contribution is -0.149. The first kappa shape index (κ1) is 21.0. The Labute approximate surface area is 156 Å². The van der Waals surface area contributed by atoms with Crippen molar-refractivity contribution in [3.8, 4) is 0 Å². The van der Waals surface area contributed by atoms with Crippen LogP contribution in [0.3, 0.4) is 0 Å². The van der Waals surface area contributed by atoms with E-state index in [0.717, 1.165) is 32.6 Å². The minimum atomic E-state index is -0.645. The maximum Gasteiger partial charge on any atom is 0.411 e. The molecule has 2 atom stereocenters. The van der Waals surface area contributed by atoms with E-state index >= 15 is 0 Å². The molecule has 7 nitrogen and oxygen atoms in total. The molecule has 0 aromatic heterocycles. The number of rotatable bonds is 5. The van der Waals surface area contributed by atoms with Gasteiger partial charge in [-0.25, -0.2) is 9.59 Å². The summed E-state index contributed by atoms with van der Waals surface area (Å²) in [5.74, 6) is -0.370. The molecule has 7 heteroatoms. The molecular formula is C19H34N2O5. The molecule has 0 radical (unpaired) electrons. The van der Waals surface area contributed by atoms with Crippen molar-refractivity contribution in [2.24, 2.45) is 5.41 Å². The van der Waals surface area contributed by atoms with Gasteiger partial charge >= 0.3 is 12.1 Å². The summed E-state index contributed by atoms with van der Waals surface area (Å²) in [6.07, 6.45) is 2.23. The van der Waals surface area contributed by atoms with Crippen molar-refractivity contribution >= 4 is 12.1 Å². The van der Waals surface area contributed by atoms with Gasteiger partial charge in [0, 0.05) is 32.3 Å². The fourth-order valence-electron chi connectivity index (χ4n) is 3.47. The van der Waals surface area contributed by atoms with E-state index in [0.29, 0.717) is 19.6 Å². The van der Waals surface area contributed by atoms with Gasteiger partial charge in [0.25, 0.3) is 0 Å². The van der Waals surface area contributed by atoms with Gasteiger partial charge in [0.05, 0.1) is 6.61 Å². The average Bonchev–Trinajstić information content (AvgIpc) is 2.96. The third kappa shape index (κ3) is 5.58. The van der Waals surface area contributed by atoms with Crippen molar-refractivity contribution in [1.82, 2.24) is 10.2 Å². The Morgan fingerprint density at radius 3 is 2.50 bits per heavy atom. The van der Waals surface area contributed by atoms with Crippen molar-refractivity contribution in [1.29, 1.82) is 0 Å². The fourth-order valence-corrected chi connectivity index (χ4v) is 3.47. The molecule has 0 unspecified atom stereocenters. The van der Waals surface area contributed by atoms with Crippen LogP contribution in [0.2, 0.25) is 0 Å². The van der Waals surface area contributed by atoms with Crippen LogP contribution < -0.4 is 5.32 Å². The number of carbonyl (C=O) groups is 2. The van der Waals surface area contributed by atoms with Crippen LogP contribution in [0.5, 0.6) is 0 Å². The molecule has 2 fully saturated rings. The first-order chi connectivity index (χ1) is 12.2. The Morgan fingerprint density at radius 1 is 1.27 bits per heavy atom. The van der Waals surface area contributed by atoms with Gasteiger partial charge in [0.15, 0.2) is 0 Å². The molecule has 0 aromatic rings. The molecule has 0 aromatic carbocycles. The van der Waals surface area contributed by atoms with Gasteiger partial charge in [0.1, 0.15) is 11.6 Å².